The van der Waals surface area contributed by atoms with E-state index in [0.29, 0.717) is 32.9 Å². The lowest BCUT2D eigenvalue weighted by Crippen LogP contribution is -2.07. The number of nitrogens with one attached hydrogen (secondary N) is 1. The fourth-order valence-electron chi connectivity index (χ4n) is 3.13. The Kier molecular flexibility index (Phi) is 5.98. The second kappa shape index (κ2) is 8.84. The van der Waals surface area contributed by atoms with Gasteiger partial charge < -0.3 is 14.5 Å². The SMILES string of the molecule is COc1c(Cl)cc(Cl)cc1C=CC(=O)Nc1ccc(-c2nc3cc(C)ccc3o2)cc1. The van der Waals surface area contributed by atoms with Crippen molar-refractivity contribution in [3.8, 4) is 17.2 Å². The molecule has 0 aliphatic heterocycles. The third-order valence-electron chi connectivity index (χ3n) is 4.60. The normalized spacial score (nSPS) is 11.2. The summed E-state index contributed by atoms with van der Waals surface area (Å²) in [5.74, 6) is 0.680. The van der Waals surface area contributed by atoms with E-state index in [9.17, 15) is 4.79 Å². The summed E-state index contributed by atoms with van der Waals surface area (Å²) in [5.41, 5.74) is 4.74. The van der Waals surface area contributed by atoms with Gasteiger partial charge in [0.2, 0.25) is 11.8 Å². The second-order valence-electron chi connectivity index (χ2n) is 6.90. The van der Waals surface area contributed by atoms with Gasteiger partial charge >= 0.3 is 0 Å². The number of rotatable bonds is 5. The Bertz CT molecular complexity index is 1290. The van der Waals surface area contributed by atoms with E-state index < -0.39 is 0 Å². The largest absolute Gasteiger partial charge is 0.495 e. The highest BCUT2D eigenvalue weighted by Gasteiger charge is 2.10. The van der Waals surface area contributed by atoms with E-state index in [1.807, 2.05) is 37.3 Å². The molecule has 1 N–H and O–H groups in total. The molecule has 0 unspecified atom stereocenters. The van der Waals surface area contributed by atoms with Crippen LogP contribution in [-0.2, 0) is 4.79 Å². The van der Waals surface area contributed by atoms with Crippen LogP contribution < -0.4 is 10.1 Å². The Morgan fingerprint density at radius 2 is 1.87 bits per heavy atom. The Hall–Kier alpha value is -3.28. The number of ether oxygens (including phenoxy) is 1. The molecule has 4 rings (SSSR count). The first kappa shape index (κ1) is 21.0. The zero-order chi connectivity index (χ0) is 22.0. The maximum absolute atomic E-state index is 12.3. The number of hydrogen-bond acceptors (Lipinski definition) is 4. The van der Waals surface area contributed by atoms with Crippen molar-refractivity contribution in [3.05, 3.63) is 81.8 Å². The molecule has 31 heavy (non-hydrogen) atoms. The van der Waals surface area contributed by atoms with Crippen molar-refractivity contribution >= 4 is 52.0 Å². The summed E-state index contributed by atoms with van der Waals surface area (Å²) in [7, 11) is 1.51. The molecule has 0 spiro atoms. The van der Waals surface area contributed by atoms with Gasteiger partial charge in [-0.15, -0.1) is 0 Å². The molecule has 0 saturated heterocycles. The van der Waals surface area contributed by atoms with Crippen LogP contribution in [0, 0.1) is 6.92 Å². The van der Waals surface area contributed by atoms with E-state index in [0.717, 1.165) is 22.2 Å². The summed E-state index contributed by atoms with van der Waals surface area (Å²) in [5, 5.41) is 3.64. The number of amides is 1. The molecule has 7 heteroatoms. The van der Waals surface area contributed by atoms with Crippen LogP contribution in [0.3, 0.4) is 0 Å². The molecule has 0 atom stereocenters. The molecule has 0 fully saturated rings. The minimum absolute atomic E-state index is 0.303. The summed E-state index contributed by atoms with van der Waals surface area (Å²) in [6, 6.07) is 16.4. The molecule has 0 aliphatic rings. The van der Waals surface area contributed by atoms with Crippen molar-refractivity contribution in [2.45, 2.75) is 6.92 Å². The third kappa shape index (κ3) is 4.74. The molecule has 156 valence electrons. The van der Waals surface area contributed by atoms with E-state index in [-0.39, 0.29) is 5.91 Å². The van der Waals surface area contributed by atoms with Crippen molar-refractivity contribution in [2.24, 2.45) is 0 Å². The molecule has 0 radical (unpaired) electrons. The molecule has 3 aromatic carbocycles. The molecule has 5 nitrogen and oxygen atoms in total. The quantitative estimate of drug-likeness (QED) is 0.339. The highest BCUT2D eigenvalue weighted by atomic mass is 35.5. The number of aromatic nitrogens is 1. The zero-order valence-electron chi connectivity index (χ0n) is 16.8. The van der Waals surface area contributed by atoms with Crippen LogP contribution >= 0.6 is 23.2 Å². The maximum Gasteiger partial charge on any atom is 0.248 e. The summed E-state index contributed by atoms with van der Waals surface area (Å²) < 4.78 is 11.1. The van der Waals surface area contributed by atoms with Gasteiger partial charge in [-0.05, 0) is 67.1 Å². The Morgan fingerprint density at radius 3 is 2.61 bits per heavy atom. The van der Waals surface area contributed by atoms with Crippen LogP contribution in [0.2, 0.25) is 10.0 Å². The second-order valence-corrected chi connectivity index (χ2v) is 7.74. The minimum Gasteiger partial charge on any atom is -0.495 e. The Morgan fingerprint density at radius 1 is 1.10 bits per heavy atom. The number of aryl methyl sites for hydroxylation is 1. The van der Waals surface area contributed by atoms with E-state index in [1.165, 1.54) is 13.2 Å². The van der Waals surface area contributed by atoms with Crippen LogP contribution in [0.1, 0.15) is 11.1 Å². The molecular formula is C24H18Cl2N2O3. The van der Waals surface area contributed by atoms with Crippen molar-refractivity contribution in [3.63, 3.8) is 0 Å². The van der Waals surface area contributed by atoms with E-state index in [2.05, 4.69) is 10.3 Å². The highest BCUT2D eigenvalue weighted by molar-refractivity contribution is 6.36. The molecule has 1 heterocycles. The van der Waals surface area contributed by atoms with Gasteiger partial charge in [0.05, 0.1) is 12.1 Å². The number of halogens is 2. The zero-order valence-corrected chi connectivity index (χ0v) is 18.3. The first-order valence-electron chi connectivity index (χ1n) is 9.42. The molecule has 4 aromatic rings. The third-order valence-corrected chi connectivity index (χ3v) is 5.10. The number of hydrogen-bond donors (Lipinski definition) is 1. The van der Waals surface area contributed by atoms with Gasteiger partial charge in [-0.2, -0.15) is 0 Å². The number of carbonyl (C=O) groups is 1. The lowest BCUT2D eigenvalue weighted by molar-refractivity contribution is -0.111. The highest BCUT2D eigenvalue weighted by Crippen LogP contribution is 2.33. The average Bonchev–Trinajstić information content (AvgIpc) is 3.15. The maximum atomic E-state index is 12.3. The number of fused-ring (bicyclic) bond motifs is 1. The number of carbonyl (C=O) groups excluding carboxylic acids is 1. The molecular weight excluding hydrogens is 435 g/mol. The predicted octanol–water partition coefficient (Wildman–Crippen LogP) is 6.77. The summed E-state index contributed by atoms with van der Waals surface area (Å²) in [6.07, 6.45) is 2.99. The Balaban J connectivity index is 1.47. The fourth-order valence-corrected chi connectivity index (χ4v) is 3.71. The average molecular weight is 453 g/mol. The van der Waals surface area contributed by atoms with Gasteiger partial charge in [-0.25, -0.2) is 4.98 Å². The van der Waals surface area contributed by atoms with Gasteiger partial charge in [0.25, 0.3) is 0 Å². The van der Waals surface area contributed by atoms with Gasteiger partial charge in [0.15, 0.2) is 5.58 Å². The van der Waals surface area contributed by atoms with Gasteiger partial charge in [-0.3, -0.25) is 4.79 Å². The van der Waals surface area contributed by atoms with E-state index in [4.69, 9.17) is 32.4 Å². The van der Waals surface area contributed by atoms with Crippen molar-refractivity contribution in [1.82, 2.24) is 4.98 Å². The minimum atomic E-state index is -0.303. The molecule has 0 aliphatic carbocycles. The molecule has 0 saturated carbocycles. The van der Waals surface area contributed by atoms with Crippen LogP contribution in [-0.4, -0.2) is 18.0 Å². The smallest absolute Gasteiger partial charge is 0.248 e. The van der Waals surface area contributed by atoms with Gasteiger partial charge in [0.1, 0.15) is 11.3 Å². The summed E-state index contributed by atoms with van der Waals surface area (Å²) >= 11 is 12.2. The van der Waals surface area contributed by atoms with E-state index in [1.54, 1.807) is 30.3 Å². The van der Waals surface area contributed by atoms with Gasteiger partial charge in [0, 0.05) is 27.9 Å². The Labute approximate surface area is 189 Å². The number of oxazole rings is 1. The van der Waals surface area contributed by atoms with Crippen molar-refractivity contribution in [1.29, 1.82) is 0 Å². The van der Waals surface area contributed by atoms with Crippen molar-refractivity contribution in [2.75, 3.05) is 12.4 Å². The van der Waals surface area contributed by atoms with Crippen molar-refractivity contribution < 1.29 is 13.9 Å². The fraction of sp³-hybridized carbons (Fsp3) is 0.0833. The number of nitrogens with zero attached hydrogens (tertiary/aromatic N) is 1. The lowest BCUT2D eigenvalue weighted by Gasteiger charge is -2.08. The molecule has 1 amide bonds. The summed E-state index contributed by atoms with van der Waals surface area (Å²) in [6.45, 7) is 2.01. The van der Waals surface area contributed by atoms with Crippen LogP contribution in [0.15, 0.2) is 65.1 Å². The first-order chi connectivity index (χ1) is 14.9. The van der Waals surface area contributed by atoms with Crippen LogP contribution in [0.4, 0.5) is 5.69 Å². The van der Waals surface area contributed by atoms with Crippen LogP contribution in [0.25, 0.3) is 28.6 Å². The monoisotopic (exact) mass is 452 g/mol. The molecule has 1 aromatic heterocycles. The lowest BCUT2D eigenvalue weighted by atomic mass is 10.1. The number of anilines is 1. The topological polar surface area (TPSA) is 64.4 Å². The number of benzene rings is 3. The number of methoxy groups -OCH3 is 1. The van der Waals surface area contributed by atoms with Crippen LogP contribution in [0.5, 0.6) is 5.75 Å². The summed E-state index contributed by atoms with van der Waals surface area (Å²) in [4.78, 5) is 16.9. The molecule has 0 bridgehead atoms. The first-order valence-corrected chi connectivity index (χ1v) is 10.2. The van der Waals surface area contributed by atoms with E-state index >= 15 is 0 Å². The van der Waals surface area contributed by atoms with Gasteiger partial charge in [-0.1, -0.05) is 29.3 Å². The standard InChI is InChI=1S/C24H18Cl2N2O3/c1-14-3-9-21-20(11-14)28-24(31-21)15-4-7-18(8-5-15)27-22(29)10-6-16-12-17(25)13-19(26)23(16)30-2/h3-13H,1-2H3,(H,27,29). The predicted molar refractivity (Wildman–Crippen MR) is 125 cm³/mol.